The van der Waals surface area contributed by atoms with Crippen molar-refractivity contribution in [2.75, 3.05) is 11.9 Å². The molecular weight excluding hydrogens is 432 g/mol. The number of carbonyl (C=O) groups excluding carboxylic acids is 2. The molecule has 168 valence electrons. The van der Waals surface area contributed by atoms with Crippen LogP contribution in [-0.2, 0) is 17.6 Å². The van der Waals surface area contributed by atoms with E-state index >= 15 is 0 Å². The maximum Gasteiger partial charge on any atom is 0.255 e. The summed E-state index contributed by atoms with van der Waals surface area (Å²) < 4.78 is 0. The first-order valence-electron chi connectivity index (χ1n) is 11.6. The third-order valence-corrected chi connectivity index (χ3v) is 7.17. The molecule has 0 bridgehead atoms. The van der Waals surface area contributed by atoms with Crippen LogP contribution in [0.1, 0.15) is 52.4 Å². The Bertz CT molecular complexity index is 1180. The van der Waals surface area contributed by atoms with Crippen molar-refractivity contribution >= 4 is 29.1 Å². The van der Waals surface area contributed by atoms with E-state index in [9.17, 15) is 9.59 Å². The Balaban J connectivity index is 1.46. The number of likely N-dealkylation sites (tertiary alicyclic amines) is 1. The van der Waals surface area contributed by atoms with Crippen molar-refractivity contribution in [2.45, 2.75) is 38.1 Å². The van der Waals surface area contributed by atoms with Crippen molar-refractivity contribution in [2.24, 2.45) is 5.92 Å². The third kappa shape index (κ3) is 4.40. The van der Waals surface area contributed by atoms with Crippen LogP contribution in [0.5, 0.6) is 0 Å². The summed E-state index contributed by atoms with van der Waals surface area (Å²) in [6, 6.07) is 22.9. The number of piperidine rings is 1. The molecule has 33 heavy (non-hydrogen) atoms. The molecule has 1 fully saturated rings. The number of nitrogens with one attached hydrogen (secondary N) is 1. The molecule has 2 unspecified atom stereocenters. The van der Waals surface area contributed by atoms with E-state index in [0.29, 0.717) is 17.1 Å². The molecular formula is C28H27ClN2O2. The molecule has 2 atom stereocenters. The first-order valence-corrected chi connectivity index (χ1v) is 12.0. The molecule has 3 aromatic rings. The minimum Gasteiger partial charge on any atom is -0.331 e. The van der Waals surface area contributed by atoms with Crippen LogP contribution in [0.2, 0.25) is 5.02 Å². The maximum atomic E-state index is 13.6. The molecule has 0 radical (unpaired) electrons. The first kappa shape index (κ1) is 21.7. The van der Waals surface area contributed by atoms with Crippen LogP contribution < -0.4 is 5.32 Å². The number of benzene rings is 3. The van der Waals surface area contributed by atoms with E-state index in [4.69, 9.17) is 11.6 Å². The molecule has 0 spiro atoms. The van der Waals surface area contributed by atoms with Crippen LogP contribution in [-0.4, -0.2) is 23.3 Å². The second-order valence-electron chi connectivity index (χ2n) is 8.91. The average molecular weight is 459 g/mol. The monoisotopic (exact) mass is 458 g/mol. The lowest BCUT2D eigenvalue weighted by Gasteiger charge is -2.41. The summed E-state index contributed by atoms with van der Waals surface area (Å²) in [5.41, 5.74) is 4.98. The molecule has 1 heterocycles. The van der Waals surface area contributed by atoms with E-state index in [1.165, 1.54) is 17.5 Å². The smallest absolute Gasteiger partial charge is 0.255 e. The van der Waals surface area contributed by atoms with Gasteiger partial charge in [-0.15, -0.1) is 0 Å². The van der Waals surface area contributed by atoms with Gasteiger partial charge >= 0.3 is 0 Å². The lowest BCUT2D eigenvalue weighted by atomic mass is 9.83. The normalized spacial score (nSPS) is 19.7. The van der Waals surface area contributed by atoms with Crippen molar-refractivity contribution in [3.8, 4) is 0 Å². The van der Waals surface area contributed by atoms with Crippen molar-refractivity contribution < 1.29 is 9.59 Å². The standard InChI is InChI=1S/C28H27ClN2O2/c29-25-14-5-4-12-23(25)28(33)31-17-7-13-24(26(31)20-8-2-1-3-9-20)27(32)30-22-16-15-19-10-6-11-21(19)18-22/h1-5,8-9,12,14-16,18,24,26H,6-7,10-11,13,17H2,(H,30,32). The van der Waals surface area contributed by atoms with Gasteiger partial charge < -0.3 is 10.2 Å². The van der Waals surface area contributed by atoms with Gasteiger partial charge in [0.2, 0.25) is 5.91 Å². The van der Waals surface area contributed by atoms with Crippen LogP contribution in [0.3, 0.4) is 0 Å². The zero-order chi connectivity index (χ0) is 22.8. The van der Waals surface area contributed by atoms with Gasteiger partial charge in [0.15, 0.2) is 0 Å². The van der Waals surface area contributed by atoms with E-state index in [0.717, 1.165) is 36.9 Å². The Morgan fingerprint density at radius 2 is 1.64 bits per heavy atom. The SMILES string of the molecule is O=C(Nc1ccc2c(c1)CCC2)C1CCCN(C(=O)c2ccccc2Cl)C1c1ccccc1. The summed E-state index contributed by atoms with van der Waals surface area (Å²) in [5.74, 6) is -0.524. The lowest BCUT2D eigenvalue weighted by molar-refractivity contribution is -0.123. The van der Waals surface area contributed by atoms with E-state index in [-0.39, 0.29) is 23.8 Å². The number of nitrogens with zero attached hydrogens (tertiary/aromatic N) is 1. The average Bonchev–Trinajstić information content (AvgIpc) is 3.32. The number of aryl methyl sites for hydroxylation is 2. The summed E-state index contributed by atoms with van der Waals surface area (Å²) >= 11 is 6.36. The molecule has 1 aliphatic carbocycles. The van der Waals surface area contributed by atoms with Crippen molar-refractivity contribution in [1.82, 2.24) is 4.90 Å². The van der Waals surface area contributed by atoms with Crippen molar-refractivity contribution in [3.63, 3.8) is 0 Å². The summed E-state index contributed by atoms with van der Waals surface area (Å²) in [7, 11) is 0. The van der Waals surface area contributed by atoms with Gasteiger partial charge in [0, 0.05) is 12.2 Å². The summed E-state index contributed by atoms with van der Waals surface area (Å²) in [4.78, 5) is 28.9. The molecule has 2 amide bonds. The predicted octanol–water partition coefficient (Wildman–Crippen LogP) is 6.06. The van der Waals surface area contributed by atoms with E-state index in [1.54, 1.807) is 12.1 Å². The van der Waals surface area contributed by atoms with Gasteiger partial charge in [-0.2, -0.15) is 0 Å². The minimum atomic E-state index is -0.349. The molecule has 0 aromatic heterocycles. The zero-order valence-corrected chi connectivity index (χ0v) is 19.2. The van der Waals surface area contributed by atoms with Crippen LogP contribution in [0, 0.1) is 5.92 Å². The largest absolute Gasteiger partial charge is 0.331 e. The fourth-order valence-corrected chi connectivity index (χ4v) is 5.45. The first-order chi connectivity index (χ1) is 16.1. The van der Waals surface area contributed by atoms with Gasteiger partial charge in [0.05, 0.1) is 22.5 Å². The molecule has 4 nitrogen and oxygen atoms in total. The molecule has 3 aromatic carbocycles. The summed E-state index contributed by atoms with van der Waals surface area (Å²) in [5, 5.41) is 3.58. The van der Waals surface area contributed by atoms with Crippen molar-refractivity contribution in [1.29, 1.82) is 0 Å². The Kier molecular flexibility index (Phi) is 6.19. The second-order valence-corrected chi connectivity index (χ2v) is 9.32. The van der Waals surface area contributed by atoms with Crippen molar-refractivity contribution in [3.05, 3.63) is 100 Å². The molecule has 5 rings (SSSR count). The summed E-state index contributed by atoms with van der Waals surface area (Å²) in [6.45, 7) is 0.590. The Morgan fingerprint density at radius 1 is 0.879 bits per heavy atom. The molecule has 5 heteroatoms. The molecule has 0 saturated carbocycles. The van der Waals surface area contributed by atoms with Crippen LogP contribution in [0.15, 0.2) is 72.8 Å². The Labute approximate surface area is 199 Å². The molecule has 1 saturated heterocycles. The molecule has 2 aliphatic rings. The van der Waals surface area contributed by atoms with Gasteiger partial charge in [-0.05, 0) is 73.1 Å². The topological polar surface area (TPSA) is 49.4 Å². The number of rotatable bonds is 4. The van der Waals surface area contributed by atoms with E-state index in [1.807, 2.05) is 53.4 Å². The van der Waals surface area contributed by atoms with Gasteiger partial charge in [0.1, 0.15) is 0 Å². The van der Waals surface area contributed by atoms with Gasteiger partial charge in [-0.3, -0.25) is 9.59 Å². The number of hydrogen-bond acceptors (Lipinski definition) is 2. The van der Waals surface area contributed by atoms with Crippen LogP contribution in [0.4, 0.5) is 5.69 Å². The highest BCUT2D eigenvalue weighted by Crippen LogP contribution is 2.38. The van der Waals surface area contributed by atoms with E-state index in [2.05, 4.69) is 17.4 Å². The van der Waals surface area contributed by atoms with Gasteiger partial charge in [-0.25, -0.2) is 0 Å². The number of fused-ring (bicyclic) bond motifs is 1. The van der Waals surface area contributed by atoms with Gasteiger partial charge in [-0.1, -0.05) is 60.1 Å². The van der Waals surface area contributed by atoms with E-state index < -0.39 is 0 Å². The second kappa shape index (κ2) is 9.40. The summed E-state index contributed by atoms with van der Waals surface area (Å²) in [6.07, 6.45) is 4.84. The van der Waals surface area contributed by atoms with Gasteiger partial charge in [0.25, 0.3) is 5.91 Å². The Hall–Kier alpha value is -3.11. The highest BCUT2D eigenvalue weighted by Gasteiger charge is 2.40. The fourth-order valence-electron chi connectivity index (χ4n) is 5.23. The highest BCUT2D eigenvalue weighted by atomic mass is 35.5. The lowest BCUT2D eigenvalue weighted by Crippen LogP contribution is -2.46. The Morgan fingerprint density at radius 3 is 2.45 bits per heavy atom. The zero-order valence-electron chi connectivity index (χ0n) is 18.5. The number of halogens is 1. The van der Waals surface area contributed by atoms with Crippen LogP contribution in [0.25, 0.3) is 0 Å². The third-order valence-electron chi connectivity index (χ3n) is 6.84. The highest BCUT2D eigenvalue weighted by molar-refractivity contribution is 6.33. The quantitative estimate of drug-likeness (QED) is 0.516. The minimum absolute atomic E-state index is 0.0431. The molecule has 1 aliphatic heterocycles. The number of carbonyl (C=O) groups is 2. The number of amides is 2. The maximum absolute atomic E-state index is 13.6. The number of hydrogen-bond donors (Lipinski definition) is 1. The van der Waals surface area contributed by atoms with Crippen LogP contribution >= 0.6 is 11.6 Å². The fraction of sp³-hybridized carbons (Fsp3) is 0.286. The predicted molar refractivity (Wildman–Crippen MR) is 131 cm³/mol. The molecule has 1 N–H and O–H groups in total. The number of anilines is 1.